The van der Waals surface area contributed by atoms with Gasteiger partial charge in [-0.25, -0.2) is 13.6 Å². The third-order valence-electron chi connectivity index (χ3n) is 2.37. The van der Waals surface area contributed by atoms with E-state index in [0.29, 0.717) is 5.69 Å². The number of sulfonamides is 1. The summed E-state index contributed by atoms with van der Waals surface area (Å²) in [5.74, 6) is 0.979. The van der Waals surface area contributed by atoms with E-state index < -0.39 is 10.0 Å². The van der Waals surface area contributed by atoms with E-state index >= 15 is 0 Å². The van der Waals surface area contributed by atoms with Crippen molar-refractivity contribution >= 4 is 33.2 Å². The summed E-state index contributed by atoms with van der Waals surface area (Å²) in [4.78, 5) is 2.02. The van der Waals surface area contributed by atoms with Crippen LogP contribution < -0.4 is 15.8 Å². The molecule has 1 aromatic carbocycles. The van der Waals surface area contributed by atoms with Crippen LogP contribution in [0.1, 0.15) is 0 Å². The fourth-order valence-corrected chi connectivity index (χ4v) is 2.41. The summed E-state index contributed by atoms with van der Waals surface area (Å²) in [7, 11) is -1.77. The maximum atomic E-state index is 11.1. The van der Waals surface area contributed by atoms with Gasteiger partial charge in [-0.3, -0.25) is 0 Å². The zero-order valence-corrected chi connectivity index (χ0v) is 11.5. The summed E-state index contributed by atoms with van der Waals surface area (Å²) >= 11 is 1.74. The van der Waals surface area contributed by atoms with Crippen molar-refractivity contribution in [3.8, 4) is 0 Å². The molecule has 0 spiro atoms. The summed E-state index contributed by atoms with van der Waals surface area (Å²) in [5, 5.41) is 5.03. The lowest BCUT2D eigenvalue weighted by molar-refractivity contribution is 0.598. The highest BCUT2D eigenvalue weighted by atomic mass is 32.2. The van der Waals surface area contributed by atoms with Gasteiger partial charge in [-0.15, -0.1) is 0 Å². The lowest BCUT2D eigenvalue weighted by atomic mass is 10.2. The fourth-order valence-electron chi connectivity index (χ4n) is 1.41. The van der Waals surface area contributed by atoms with E-state index in [0.717, 1.165) is 18.0 Å². The summed E-state index contributed by atoms with van der Waals surface area (Å²) in [6, 6.07) is 4.53. The molecule has 0 saturated carbocycles. The minimum atomic E-state index is -3.69. The van der Waals surface area contributed by atoms with Crippen LogP contribution in [-0.2, 0) is 10.0 Å². The molecular weight excluding hydrogens is 258 g/mol. The molecule has 0 bridgehead atoms. The van der Waals surface area contributed by atoms with Crippen LogP contribution in [0.4, 0.5) is 11.4 Å². The van der Waals surface area contributed by atoms with Gasteiger partial charge in [-0.2, -0.15) is 11.8 Å². The molecule has 0 atom stereocenters. The van der Waals surface area contributed by atoms with E-state index in [4.69, 9.17) is 10.9 Å². The smallest absolute Gasteiger partial charge is 0.238 e. The molecule has 0 aliphatic heterocycles. The number of nitrogen functional groups attached to an aromatic ring is 1. The number of thioether (sulfide) groups is 1. The lowest BCUT2D eigenvalue weighted by Gasteiger charge is -2.20. The molecule has 96 valence electrons. The zero-order chi connectivity index (χ0) is 13.1. The van der Waals surface area contributed by atoms with Crippen LogP contribution in [0.15, 0.2) is 23.1 Å². The van der Waals surface area contributed by atoms with E-state index in [-0.39, 0.29) is 4.90 Å². The molecular formula is C10H17N3O2S2. The Bertz CT molecular complexity index is 488. The number of rotatable bonds is 5. The summed E-state index contributed by atoms with van der Waals surface area (Å²) < 4.78 is 22.3. The van der Waals surface area contributed by atoms with Gasteiger partial charge in [0.25, 0.3) is 0 Å². The van der Waals surface area contributed by atoms with Crippen LogP contribution >= 0.6 is 11.8 Å². The van der Waals surface area contributed by atoms with Gasteiger partial charge in [0.2, 0.25) is 10.0 Å². The Labute approximate surface area is 106 Å². The van der Waals surface area contributed by atoms with Gasteiger partial charge < -0.3 is 10.6 Å². The first-order chi connectivity index (χ1) is 7.86. The quantitative estimate of drug-likeness (QED) is 0.773. The molecule has 0 aromatic heterocycles. The van der Waals surface area contributed by atoms with Gasteiger partial charge in [-0.05, 0) is 24.5 Å². The molecule has 0 aliphatic carbocycles. The van der Waals surface area contributed by atoms with E-state index in [1.54, 1.807) is 17.8 Å². The molecule has 0 heterocycles. The SMILES string of the molecule is CSCCN(C)c1ccc(S(N)(=O)=O)cc1N. The molecule has 0 saturated heterocycles. The number of nitrogens with two attached hydrogens (primary N) is 2. The van der Waals surface area contributed by atoms with Gasteiger partial charge in [0.1, 0.15) is 0 Å². The second kappa shape index (κ2) is 5.61. The van der Waals surface area contributed by atoms with Crippen LogP contribution in [-0.4, -0.2) is 34.0 Å². The number of hydrogen-bond acceptors (Lipinski definition) is 5. The third kappa shape index (κ3) is 3.79. The van der Waals surface area contributed by atoms with Gasteiger partial charge in [0, 0.05) is 19.3 Å². The van der Waals surface area contributed by atoms with Gasteiger partial charge in [0.15, 0.2) is 0 Å². The lowest BCUT2D eigenvalue weighted by Crippen LogP contribution is -2.21. The van der Waals surface area contributed by atoms with E-state index in [1.165, 1.54) is 12.1 Å². The van der Waals surface area contributed by atoms with Crippen molar-refractivity contribution in [1.82, 2.24) is 0 Å². The Kier molecular flexibility index (Phi) is 4.67. The molecule has 4 N–H and O–H groups in total. The van der Waals surface area contributed by atoms with E-state index in [9.17, 15) is 8.42 Å². The van der Waals surface area contributed by atoms with Gasteiger partial charge >= 0.3 is 0 Å². The maximum Gasteiger partial charge on any atom is 0.238 e. The molecule has 0 aliphatic rings. The highest BCUT2D eigenvalue weighted by molar-refractivity contribution is 7.98. The molecule has 0 fully saturated rings. The van der Waals surface area contributed by atoms with E-state index in [2.05, 4.69) is 0 Å². The number of hydrogen-bond donors (Lipinski definition) is 2. The normalized spacial score (nSPS) is 11.5. The van der Waals surface area contributed by atoms with Crippen molar-refractivity contribution in [3.05, 3.63) is 18.2 Å². The van der Waals surface area contributed by atoms with Crippen LogP contribution in [0.3, 0.4) is 0 Å². The Hall–Kier alpha value is -0.920. The second-order valence-electron chi connectivity index (χ2n) is 3.68. The predicted molar refractivity (Wildman–Crippen MR) is 73.9 cm³/mol. The second-order valence-corrected chi connectivity index (χ2v) is 6.23. The average Bonchev–Trinajstić information content (AvgIpc) is 2.24. The third-order valence-corrected chi connectivity index (χ3v) is 3.87. The maximum absolute atomic E-state index is 11.1. The highest BCUT2D eigenvalue weighted by Gasteiger charge is 2.11. The largest absolute Gasteiger partial charge is 0.397 e. The van der Waals surface area contributed by atoms with Crippen LogP contribution in [0.2, 0.25) is 0 Å². The Balaban J connectivity index is 2.98. The molecule has 0 radical (unpaired) electrons. The minimum Gasteiger partial charge on any atom is -0.397 e. The number of benzene rings is 1. The van der Waals surface area contributed by atoms with Crippen molar-refractivity contribution in [2.75, 3.05) is 36.2 Å². The Morgan fingerprint density at radius 1 is 1.41 bits per heavy atom. The van der Waals surface area contributed by atoms with Crippen LogP contribution in [0, 0.1) is 0 Å². The standard InChI is InChI=1S/C10H17N3O2S2/c1-13(5-6-16-2)10-4-3-8(7-9(10)11)17(12,14)15/h3-4,7H,5-6,11H2,1-2H3,(H2,12,14,15). The van der Waals surface area contributed by atoms with E-state index in [1.807, 2.05) is 18.2 Å². The van der Waals surface area contributed by atoms with Gasteiger partial charge in [-0.1, -0.05) is 0 Å². The number of primary sulfonamides is 1. The molecule has 17 heavy (non-hydrogen) atoms. The van der Waals surface area contributed by atoms with Crippen LogP contribution in [0.5, 0.6) is 0 Å². The first-order valence-corrected chi connectivity index (χ1v) is 7.92. The summed E-state index contributed by atoms with van der Waals surface area (Å²) in [5.41, 5.74) is 7.05. The van der Waals surface area contributed by atoms with Crippen molar-refractivity contribution in [3.63, 3.8) is 0 Å². The predicted octanol–water partition coefficient (Wildman–Crippen LogP) is 0.715. The van der Waals surface area contributed by atoms with Crippen molar-refractivity contribution < 1.29 is 8.42 Å². The Morgan fingerprint density at radius 2 is 2.06 bits per heavy atom. The molecule has 1 rings (SSSR count). The topological polar surface area (TPSA) is 89.4 Å². The fraction of sp³-hybridized carbons (Fsp3) is 0.400. The van der Waals surface area contributed by atoms with Gasteiger partial charge in [0.05, 0.1) is 16.3 Å². The number of anilines is 2. The highest BCUT2D eigenvalue weighted by Crippen LogP contribution is 2.24. The minimum absolute atomic E-state index is 0.0389. The average molecular weight is 275 g/mol. The Morgan fingerprint density at radius 3 is 2.53 bits per heavy atom. The van der Waals surface area contributed by atoms with Crippen LogP contribution in [0.25, 0.3) is 0 Å². The summed E-state index contributed by atoms with van der Waals surface area (Å²) in [6.07, 6.45) is 2.03. The molecule has 0 unspecified atom stereocenters. The first-order valence-electron chi connectivity index (χ1n) is 4.98. The monoisotopic (exact) mass is 275 g/mol. The zero-order valence-electron chi connectivity index (χ0n) is 9.88. The van der Waals surface area contributed by atoms with Crippen molar-refractivity contribution in [2.45, 2.75) is 4.90 Å². The van der Waals surface area contributed by atoms with Crippen molar-refractivity contribution in [2.24, 2.45) is 5.14 Å². The van der Waals surface area contributed by atoms with Crippen molar-refractivity contribution in [1.29, 1.82) is 0 Å². The molecule has 1 aromatic rings. The molecule has 5 nitrogen and oxygen atoms in total. The number of nitrogens with zero attached hydrogens (tertiary/aromatic N) is 1. The summed E-state index contributed by atoms with van der Waals surface area (Å²) in [6.45, 7) is 0.847. The molecule has 7 heteroatoms. The first kappa shape index (κ1) is 14.1. The molecule has 0 amide bonds.